The van der Waals surface area contributed by atoms with Crippen molar-refractivity contribution >= 4 is 17.8 Å². The molecular weight excluding hydrogens is 380 g/mol. The van der Waals surface area contributed by atoms with E-state index in [-0.39, 0.29) is 17.7 Å². The Bertz CT molecular complexity index is 717. The number of primary amides is 1. The fraction of sp³-hybridized carbons (Fsp3) is 0.591. The van der Waals surface area contributed by atoms with Crippen molar-refractivity contribution in [1.29, 1.82) is 0 Å². The van der Waals surface area contributed by atoms with E-state index in [1.165, 1.54) is 0 Å². The molecule has 8 heteroatoms. The lowest BCUT2D eigenvalue weighted by molar-refractivity contribution is -0.123. The Kier molecular flexibility index (Phi) is 9.60. The van der Waals surface area contributed by atoms with Gasteiger partial charge in [0.25, 0.3) is 5.91 Å². The Morgan fingerprint density at radius 1 is 1.23 bits per heavy atom. The third kappa shape index (κ3) is 7.67. The van der Waals surface area contributed by atoms with E-state index >= 15 is 0 Å². The molecule has 1 aliphatic heterocycles. The first-order valence-corrected chi connectivity index (χ1v) is 10.7. The number of piperidine rings is 1. The SMILES string of the molecule is CCNC(=NCc1ccc(C(=O)N(C)C)cc1)NCCCN1CCCC(C(N)=O)C1. The Morgan fingerprint density at radius 2 is 1.97 bits per heavy atom. The minimum Gasteiger partial charge on any atom is -0.369 e. The van der Waals surface area contributed by atoms with Crippen molar-refractivity contribution in [2.45, 2.75) is 32.7 Å². The average molecular weight is 417 g/mol. The van der Waals surface area contributed by atoms with Crippen LogP contribution < -0.4 is 16.4 Å². The van der Waals surface area contributed by atoms with Gasteiger partial charge < -0.3 is 26.2 Å². The minimum atomic E-state index is -0.182. The first kappa shape index (κ1) is 23.7. The van der Waals surface area contributed by atoms with Gasteiger partial charge in [-0.15, -0.1) is 0 Å². The molecule has 1 fully saturated rings. The zero-order chi connectivity index (χ0) is 21.9. The molecule has 1 saturated heterocycles. The predicted octanol–water partition coefficient (Wildman–Crippen LogP) is 1.03. The molecule has 30 heavy (non-hydrogen) atoms. The Labute approximate surface area is 179 Å². The van der Waals surface area contributed by atoms with Crippen LogP contribution in [-0.4, -0.2) is 74.4 Å². The van der Waals surface area contributed by atoms with E-state index in [0.717, 1.165) is 63.5 Å². The molecule has 0 radical (unpaired) electrons. The van der Waals surface area contributed by atoms with Crippen LogP contribution in [0, 0.1) is 5.92 Å². The molecule has 0 aromatic heterocycles. The van der Waals surface area contributed by atoms with Gasteiger partial charge in [-0.05, 0) is 57.0 Å². The molecule has 8 nitrogen and oxygen atoms in total. The standard InChI is InChI=1S/C22H36N6O2/c1-4-24-22(25-12-6-14-28-13-5-7-19(16-28)20(23)29)26-15-17-8-10-18(11-9-17)21(30)27(2)3/h8-11,19H,4-7,12-16H2,1-3H3,(H2,23,29)(H2,24,25,26). The van der Waals surface area contributed by atoms with Crippen LogP contribution in [0.25, 0.3) is 0 Å². The number of aliphatic imine (C=N–C) groups is 1. The number of carbonyl (C=O) groups excluding carboxylic acids is 2. The lowest BCUT2D eigenvalue weighted by Gasteiger charge is -2.31. The van der Waals surface area contributed by atoms with Crippen LogP contribution in [0.15, 0.2) is 29.3 Å². The molecule has 2 amide bonds. The number of hydrogen-bond acceptors (Lipinski definition) is 4. The number of carbonyl (C=O) groups is 2. The summed E-state index contributed by atoms with van der Waals surface area (Å²) in [6, 6.07) is 7.56. The average Bonchev–Trinajstić information content (AvgIpc) is 2.74. The topological polar surface area (TPSA) is 103 Å². The maximum absolute atomic E-state index is 12.0. The highest BCUT2D eigenvalue weighted by molar-refractivity contribution is 5.93. The highest BCUT2D eigenvalue weighted by Crippen LogP contribution is 2.15. The fourth-order valence-electron chi connectivity index (χ4n) is 3.52. The van der Waals surface area contributed by atoms with Gasteiger partial charge in [0.2, 0.25) is 5.91 Å². The molecule has 0 spiro atoms. The second-order valence-corrected chi connectivity index (χ2v) is 7.91. The van der Waals surface area contributed by atoms with Gasteiger partial charge in [0.15, 0.2) is 5.96 Å². The summed E-state index contributed by atoms with van der Waals surface area (Å²) in [5.41, 5.74) is 7.18. The van der Waals surface area contributed by atoms with E-state index in [1.54, 1.807) is 19.0 Å². The van der Waals surface area contributed by atoms with Gasteiger partial charge in [-0.25, -0.2) is 4.99 Å². The van der Waals surface area contributed by atoms with E-state index in [9.17, 15) is 9.59 Å². The molecule has 0 bridgehead atoms. The molecule has 2 rings (SSSR count). The highest BCUT2D eigenvalue weighted by Gasteiger charge is 2.23. The maximum atomic E-state index is 12.0. The normalized spacial score (nSPS) is 17.4. The number of guanidine groups is 1. The Morgan fingerprint density at radius 3 is 2.60 bits per heavy atom. The summed E-state index contributed by atoms with van der Waals surface area (Å²) in [5.74, 6) is 0.582. The predicted molar refractivity (Wildman–Crippen MR) is 120 cm³/mol. The first-order chi connectivity index (χ1) is 14.4. The first-order valence-electron chi connectivity index (χ1n) is 10.7. The summed E-state index contributed by atoms with van der Waals surface area (Å²) in [7, 11) is 3.49. The van der Waals surface area contributed by atoms with Crippen molar-refractivity contribution in [3.05, 3.63) is 35.4 Å². The van der Waals surface area contributed by atoms with Crippen LogP contribution in [0.4, 0.5) is 0 Å². The molecule has 1 aromatic rings. The molecule has 1 unspecified atom stereocenters. The number of hydrogen-bond donors (Lipinski definition) is 3. The van der Waals surface area contributed by atoms with E-state index in [4.69, 9.17) is 5.73 Å². The van der Waals surface area contributed by atoms with Gasteiger partial charge >= 0.3 is 0 Å². The zero-order valence-corrected chi connectivity index (χ0v) is 18.5. The second kappa shape index (κ2) is 12.2. The van der Waals surface area contributed by atoms with E-state index in [0.29, 0.717) is 12.1 Å². The van der Waals surface area contributed by atoms with Gasteiger partial charge in [-0.1, -0.05) is 12.1 Å². The minimum absolute atomic E-state index is 0.00379. The van der Waals surface area contributed by atoms with Gasteiger partial charge in [-0.3, -0.25) is 9.59 Å². The Balaban J connectivity index is 1.79. The molecule has 1 atom stereocenters. The molecular formula is C22H36N6O2. The number of nitrogens with one attached hydrogen (secondary N) is 2. The van der Waals surface area contributed by atoms with Crippen molar-refractivity contribution in [2.75, 3.05) is 46.8 Å². The lowest BCUT2D eigenvalue weighted by atomic mass is 9.97. The summed E-state index contributed by atoms with van der Waals surface area (Å²) in [6.45, 7) is 6.92. The van der Waals surface area contributed by atoms with Gasteiger partial charge in [-0.2, -0.15) is 0 Å². The quantitative estimate of drug-likeness (QED) is 0.317. The highest BCUT2D eigenvalue weighted by atomic mass is 16.2. The molecule has 0 saturated carbocycles. The van der Waals surface area contributed by atoms with Crippen LogP contribution in [0.1, 0.15) is 42.1 Å². The molecule has 1 heterocycles. The smallest absolute Gasteiger partial charge is 0.253 e. The number of nitrogens with zero attached hydrogens (tertiary/aromatic N) is 3. The molecule has 166 valence electrons. The molecule has 0 aliphatic carbocycles. The van der Waals surface area contributed by atoms with Crippen LogP contribution in [0.5, 0.6) is 0 Å². The third-order valence-electron chi connectivity index (χ3n) is 5.22. The van der Waals surface area contributed by atoms with Crippen molar-refractivity contribution < 1.29 is 9.59 Å². The number of rotatable bonds is 9. The van der Waals surface area contributed by atoms with Gasteiger partial charge in [0.05, 0.1) is 12.5 Å². The van der Waals surface area contributed by atoms with Crippen molar-refractivity contribution in [3.63, 3.8) is 0 Å². The van der Waals surface area contributed by atoms with Crippen molar-refractivity contribution in [3.8, 4) is 0 Å². The molecule has 1 aliphatic rings. The van der Waals surface area contributed by atoms with E-state index in [2.05, 4.69) is 20.5 Å². The van der Waals surface area contributed by atoms with Gasteiger partial charge in [0.1, 0.15) is 0 Å². The fourth-order valence-corrected chi connectivity index (χ4v) is 3.52. The number of likely N-dealkylation sites (tertiary alicyclic amines) is 1. The van der Waals surface area contributed by atoms with Crippen LogP contribution in [0.2, 0.25) is 0 Å². The number of amides is 2. The summed E-state index contributed by atoms with van der Waals surface area (Å²) >= 11 is 0. The van der Waals surface area contributed by atoms with Crippen LogP contribution in [-0.2, 0) is 11.3 Å². The summed E-state index contributed by atoms with van der Waals surface area (Å²) in [5, 5.41) is 6.63. The zero-order valence-electron chi connectivity index (χ0n) is 18.5. The maximum Gasteiger partial charge on any atom is 0.253 e. The second-order valence-electron chi connectivity index (χ2n) is 7.91. The number of nitrogens with two attached hydrogens (primary N) is 1. The molecule has 4 N–H and O–H groups in total. The molecule has 1 aromatic carbocycles. The lowest BCUT2D eigenvalue weighted by Crippen LogP contribution is -2.43. The van der Waals surface area contributed by atoms with Crippen molar-refractivity contribution in [1.82, 2.24) is 20.4 Å². The monoisotopic (exact) mass is 416 g/mol. The Hall–Kier alpha value is -2.61. The third-order valence-corrected chi connectivity index (χ3v) is 5.22. The largest absolute Gasteiger partial charge is 0.369 e. The summed E-state index contributed by atoms with van der Waals surface area (Å²) in [6.07, 6.45) is 2.91. The number of benzene rings is 1. The van der Waals surface area contributed by atoms with Crippen LogP contribution >= 0.6 is 0 Å². The van der Waals surface area contributed by atoms with Crippen molar-refractivity contribution in [2.24, 2.45) is 16.6 Å². The summed E-state index contributed by atoms with van der Waals surface area (Å²) in [4.78, 5) is 31.9. The van der Waals surface area contributed by atoms with Gasteiger partial charge in [0, 0.05) is 39.3 Å². The summed E-state index contributed by atoms with van der Waals surface area (Å²) < 4.78 is 0. The van der Waals surface area contributed by atoms with E-state index in [1.807, 2.05) is 31.2 Å². The van der Waals surface area contributed by atoms with Crippen LogP contribution in [0.3, 0.4) is 0 Å². The van der Waals surface area contributed by atoms with E-state index < -0.39 is 0 Å².